The molecule has 5 atom stereocenters. The number of nitrogens with one attached hydrogen (secondary N) is 2. The number of aliphatic hydroxyl groups is 3. The summed E-state index contributed by atoms with van der Waals surface area (Å²) in [5.41, 5.74) is 0.728. The molecule has 3 heterocycles. The molecule has 1 fully saturated rings. The van der Waals surface area contributed by atoms with Gasteiger partial charge in [0.05, 0.1) is 26.0 Å². The van der Waals surface area contributed by atoms with E-state index in [2.05, 4.69) is 25.6 Å². The highest BCUT2D eigenvalue weighted by atomic mass is 35.5. The third-order valence-electron chi connectivity index (χ3n) is 4.49. The van der Waals surface area contributed by atoms with E-state index < -0.39 is 37.3 Å². The molecule has 2 aromatic heterocycles. The van der Waals surface area contributed by atoms with Crippen LogP contribution in [-0.2, 0) is 16.0 Å². The molecule has 0 aromatic carbocycles. The number of anilines is 1. The number of H-pyrrole nitrogens is 1. The van der Waals surface area contributed by atoms with Crippen LogP contribution in [0.25, 0.3) is 0 Å². The molecule has 5 unspecified atom stereocenters. The molecule has 0 amide bonds. The number of halogens is 1. The van der Waals surface area contributed by atoms with Gasteiger partial charge in [0.1, 0.15) is 30.0 Å². The summed E-state index contributed by atoms with van der Waals surface area (Å²) in [5.74, 6) is 0.476. The fourth-order valence-corrected chi connectivity index (χ4v) is 3.00. The lowest BCUT2D eigenvalue weighted by atomic mass is 9.97. The topological polar surface area (TPSA) is 168 Å². The van der Waals surface area contributed by atoms with E-state index in [1.54, 1.807) is 13.1 Å². The number of aryl methyl sites for hydroxylation is 1. The molecule has 2 aromatic rings. The summed E-state index contributed by atoms with van der Waals surface area (Å²) in [6, 6.07) is -0.908. The maximum absolute atomic E-state index is 11.6. The quantitative estimate of drug-likeness (QED) is 0.311. The van der Waals surface area contributed by atoms with Crippen LogP contribution in [0.3, 0.4) is 0 Å². The van der Waals surface area contributed by atoms with Gasteiger partial charge in [0.15, 0.2) is 6.29 Å². The highest BCUT2D eigenvalue weighted by molar-refractivity contribution is 6.17. The van der Waals surface area contributed by atoms with Gasteiger partial charge in [-0.2, -0.15) is 0 Å². The molecule has 1 saturated heterocycles. The summed E-state index contributed by atoms with van der Waals surface area (Å²) in [4.78, 5) is 18.3. The number of aliphatic hydroxyl groups excluding tert-OH is 3. The Morgan fingerprint density at radius 3 is 2.90 bits per heavy atom. The fraction of sp³-hybridized carbons (Fsp3) is 0.625. The average Bonchev–Trinajstić information content (AvgIpc) is 3.18. The minimum Gasteiger partial charge on any atom is -0.394 e. The van der Waals surface area contributed by atoms with Gasteiger partial charge in [-0.1, -0.05) is 5.21 Å². The normalized spacial score (nSPS) is 27.1. The van der Waals surface area contributed by atoms with E-state index in [1.165, 1.54) is 10.9 Å². The molecule has 1 aliphatic rings. The standard InChI is InChI=1S/C16H23ClN6O6/c1-8-4-18-16(20-14(8)27)19-5-9-6-23(22-21-9)11-13(26)12(25)10(7-24)29-15(11)28-3-2-17/h4,6,10-13,15,24-26H,2-3,5,7H2,1H3,(H2,18,19,20,27). The zero-order valence-electron chi connectivity index (χ0n) is 15.6. The van der Waals surface area contributed by atoms with E-state index in [0.29, 0.717) is 11.3 Å². The van der Waals surface area contributed by atoms with Crippen molar-refractivity contribution in [3.63, 3.8) is 0 Å². The average molecular weight is 431 g/mol. The molecule has 0 bridgehead atoms. The third-order valence-corrected chi connectivity index (χ3v) is 4.64. The number of ether oxygens (including phenoxy) is 2. The first-order chi connectivity index (χ1) is 13.9. The zero-order valence-corrected chi connectivity index (χ0v) is 16.4. The molecule has 0 radical (unpaired) electrons. The summed E-state index contributed by atoms with van der Waals surface area (Å²) in [7, 11) is 0. The van der Waals surface area contributed by atoms with E-state index in [1.807, 2.05) is 0 Å². The zero-order chi connectivity index (χ0) is 21.0. The van der Waals surface area contributed by atoms with E-state index in [0.717, 1.165) is 0 Å². The maximum atomic E-state index is 11.6. The second kappa shape index (κ2) is 9.61. The lowest BCUT2D eigenvalue weighted by molar-refractivity contribution is -0.280. The Bertz CT molecular complexity index is 862. The third kappa shape index (κ3) is 4.91. The van der Waals surface area contributed by atoms with Gasteiger partial charge in [-0.05, 0) is 6.92 Å². The van der Waals surface area contributed by atoms with Crippen molar-refractivity contribution >= 4 is 17.5 Å². The minimum absolute atomic E-state index is 0.138. The van der Waals surface area contributed by atoms with Crippen molar-refractivity contribution in [1.29, 1.82) is 0 Å². The molecule has 1 aliphatic heterocycles. The molecule has 0 saturated carbocycles. The molecule has 29 heavy (non-hydrogen) atoms. The van der Waals surface area contributed by atoms with Gasteiger partial charge in [-0.3, -0.25) is 9.78 Å². The second-order valence-corrected chi connectivity index (χ2v) is 6.92. The van der Waals surface area contributed by atoms with Crippen LogP contribution >= 0.6 is 11.6 Å². The van der Waals surface area contributed by atoms with Crippen molar-refractivity contribution in [3.8, 4) is 0 Å². The van der Waals surface area contributed by atoms with Gasteiger partial charge in [0.2, 0.25) is 5.95 Å². The van der Waals surface area contributed by atoms with Crippen molar-refractivity contribution in [2.24, 2.45) is 0 Å². The second-order valence-electron chi connectivity index (χ2n) is 6.54. The van der Waals surface area contributed by atoms with E-state index in [9.17, 15) is 20.1 Å². The summed E-state index contributed by atoms with van der Waals surface area (Å²) in [6.07, 6.45) is -1.67. The first-order valence-electron chi connectivity index (χ1n) is 8.95. The first kappa shape index (κ1) is 21.6. The van der Waals surface area contributed by atoms with Crippen molar-refractivity contribution < 1.29 is 24.8 Å². The van der Waals surface area contributed by atoms with Gasteiger partial charge in [-0.15, -0.1) is 16.7 Å². The van der Waals surface area contributed by atoms with Gasteiger partial charge in [0.25, 0.3) is 5.56 Å². The SMILES string of the molecule is Cc1cnc(NCc2cn(C3C(OCCCl)OC(CO)C(O)C3O)nn2)[nH]c1=O. The lowest BCUT2D eigenvalue weighted by Crippen LogP contribution is -2.57. The molecule has 5 N–H and O–H groups in total. The number of alkyl halides is 1. The Balaban J connectivity index is 1.73. The fourth-order valence-electron chi connectivity index (χ4n) is 2.91. The number of hydrogen-bond donors (Lipinski definition) is 5. The Morgan fingerprint density at radius 2 is 2.21 bits per heavy atom. The minimum atomic E-state index is -1.34. The monoisotopic (exact) mass is 430 g/mol. The van der Waals surface area contributed by atoms with Crippen LogP contribution in [0.15, 0.2) is 17.2 Å². The van der Waals surface area contributed by atoms with Gasteiger partial charge in [0, 0.05) is 17.6 Å². The van der Waals surface area contributed by atoms with Crippen LogP contribution in [0, 0.1) is 6.92 Å². The molecule has 0 aliphatic carbocycles. The molecule has 160 valence electrons. The van der Waals surface area contributed by atoms with Crippen LogP contribution in [0.4, 0.5) is 5.95 Å². The van der Waals surface area contributed by atoms with Crippen LogP contribution in [0.1, 0.15) is 17.3 Å². The van der Waals surface area contributed by atoms with E-state index >= 15 is 0 Å². The van der Waals surface area contributed by atoms with E-state index in [-0.39, 0.29) is 30.5 Å². The van der Waals surface area contributed by atoms with Gasteiger partial charge >= 0.3 is 0 Å². The van der Waals surface area contributed by atoms with Crippen molar-refractivity contribution in [2.75, 3.05) is 24.4 Å². The van der Waals surface area contributed by atoms with Gasteiger partial charge in [-0.25, -0.2) is 9.67 Å². The largest absolute Gasteiger partial charge is 0.394 e. The van der Waals surface area contributed by atoms with Crippen LogP contribution < -0.4 is 10.9 Å². The lowest BCUT2D eigenvalue weighted by Gasteiger charge is -2.41. The molecule has 13 heteroatoms. The Labute approximate surface area is 170 Å². The maximum Gasteiger partial charge on any atom is 0.255 e. The molecule has 0 spiro atoms. The summed E-state index contributed by atoms with van der Waals surface area (Å²) >= 11 is 5.66. The van der Waals surface area contributed by atoms with Crippen LogP contribution in [0.5, 0.6) is 0 Å². The number of nitrogens with zero attached hydrogens (tertiary/aromatic N) is 4. The summed E-state index contributed by atoms with van der Waals surface area (Å²) in [5, 5.41) is 41.0. The smallest absolute Gasteiger partial charge is 0.255 e. The van der Waals surface area contributed by atoms with Crippen molar-refractivity contribution in [3.05, 3.63) is 34.0 Å². The molecule has 12 nitrogen and oxygen atoms in total. The Kier molecular flexibility index (Phi) is 7.16. The van der Waals surface area contributed by atoms with Crippen LogP contribution in [0.2, 0.25) is 0 Å². The molecule has 3 rings (SSSR count). The number of aromatic nitrogens is 5. The molecular formula is C16H23ClN6O6. The first-order valence-corrected chi connectivity index (χ1v) is 9.48. The van der Waals surface area contributed by atoms with Gasteiger partial charge < -0.3 is 30.1 Å². The number of rotatable bonds is 8. The Morgan fingerprint density at radius 1 is 1.41 bits per heavy atom. The predicted molar refractivity (Wildman–Crippen MR) is 100 cm³/mol. The van der Waals surface area contributed by atoms with Crippen molar-refractivity contribution in [2.45, 2.75) is 44.1 Å². The summed E-state index contributed by atoms with van der Waals surface area (Å²) < 4.78 is 12.4. The predicted octanol–water partition coefficient (Wildman–Crippen LogP) is -1.48. The number of hydrogen-bond acceptors (Lipinski definition) is 10. The van der Waals surface area contributed by atoms with Crippen LogP contribution in [-0.4, -0.2) is 84.0 Å². The Hall–Kier alpha value is -2.09. The highest BCUT2D eigenvalue weighted by Crippen LogP contribution is 2.30. The summed E-state index contributed by atoms with van der Waals surface area (Å²) in [6.45, 7) is 1.50. The number of aromatic amines is 1. The van der Waals surface area contributed by atoms with E-state index in [4.69, 9.17) is 21.1 Å². The van der Waals surface area contributed by atoms with Crippen molar-refractivity contribution in [1.82, 2.24) is 25.0 Å². The molecular weight excluding hydrogens is 408 g/mol. The highest BCUT2D eigenvalue weighted by Gasteiger charge is 2.46.